The number of benzene rings is 1. The Hall–Kier alpha value is -2.43. The highest BCUT2D eigenvalue weighted by molar-refractivity contribution is 7.90. The van der Waals surface area contributed by atoms with E-state index in [2.05, 4.69) is 29.8 Å². The minimum Gasteiger partial charge on any atom is -0.371 e. The Kier molecular flexibility index (Phi) is 7.67. The van der Waals surface area contributed by atoms with Gasteiger partial charge in [0.25, 0.3) is 0 Å². The molecular weight excluding hydrogens is 438 g/mol. The van der Waals surface area contributed by atoms with Crippen LogP contribution in [-0.4, -0.2) is 75.6 Å². The number of aromatic nitrogens is 2. The summed E-state index contributed by atoms with van der Waals surface area (Å²) < 4.78 is 27.7. The molecule has 1 aromatic carbocycles. The molecule has 0 aliphatic carbocycles. The number of anilines is 3. The molecule has 4 rings (SSSR count). The lowest BCUT2D eigenvalue weighted by atomic mass is 9.96. The Morgan fingerprint density at radius 3 is 2.36 bits per heavy atom. The zero-order valence-corrected chi connectivity index (χ0v) is 20.3. The topological polar surface area (TPSA) is 93.7 Å². The molecule has 33 heavy (non-hydrogen) atoms. The number of nitrogens with one attached hydrogen (secondary N) is 2. The summed E-state index contributed by atoms with van der Waals surface area (Å²) in [6.07, 6.45) is 8.27. The molecule has 10 heteroatoms. The molecule has 2 aromatic rings. The van der Waals surface area contributed by atoms with Gasteiger partial charge in [-0.05, 0) is 68.5 Å². The molecule has 0 saturated carbocycles. The van der Waals surface area contributed by atoms with Crippen LogP contribution in [0.5, 0.6) is 0 Å². The molecule has 2 saturated heterocycles. The summed E-state index contributed by atoms with van der Waals surface area (Å²) >= 11 is 0. The van der Waals surface area contributed by atoms with E-state index in [1.807, 2.05) is 42.7 Å². The minimum atomic E-state index is -3.48. The standard InChI is InChI=1S/C23H35N7O2S/c1-28(2)33(31,32)27-21-6-8-22(9-7-21)29-15-10-20(11-16-29)26-17-19-5-3-14-30(18-19)23-24-12-4-13-25-23/h4,6-9,12-13,19-20,26-27H,3,5,10-11,14-18H2,1-2H3/t19-/m1/s1. The summed E-state index contributed by atoms with van der Waals surface area (Å²) in [4.78, 5) is 13.5. The minimum absolute atomic E-state index is 0.538. The van der Waals surface area contributed by atoms with Gasteiger partial charge in [-0.25, -0.2) is 9.97 Å². The fraction of sp³-hybridized carbons (Fsp3) is 0.565. The van der Waals surface area contributed by atoms with E-state index in [1.54, 1.807) is 0 Å². The Balaban J connectivity index is 1.21. The zero-order chi connectivity index (χ0) is 23.3. The normalized spacial score (nSPS) is 20.3. The van der Waals surface area contributed by atoms with E-state index in [0.717, 1.165) is 57.2 Å². The van der Waals surface area contributed by atoms with Gasteiger partial charge in [0.05, 0.1) is 0 Å². The van der Waals surface area contributed by atoms with E-state index in [-0.39, 0.29) is 0 Å². The lowest BCUT2D eigenvalue weighted by Crippen LogP contribution is -2.46. The first-order chi connectivity index (χ1) is 15.9. The fourth-order valence-corrected chi connectivity index (χ4v) is 5.14. The van der Waals surface area contributed by atoms with Crippen LogP contribution in [0.2, 0.25) is 0 Å². The summed E-state index contributed by atoms with van der Waals surface area (Å²) in [6.45, 7) is 5.08. The molecule has 1 aromatic heterocycles. The molecule has 0 spiro atoms. The maximum Gasteiger partial charge on any atom is 0.301 e. The summed E-state index contributed by atoms with van der Waals surface area (Å²) in [5, 5.41) is 3.81. The van der Waals surface area contributed by atoms with E-state index in [9.17, 15) is 8.42 Å². The van der Waals surface area contributed by atoms with Crippen LogP contribution in [-0.2, 0) is 10.2 Å². The predicted molar refractivity (Wildman–Crippen MR) is 133 cm³/mol. The lowest BCUT2D eigenvalue weighted by Gasteiger charge is -2.36. The molecular formula is C23H35N7O2S. The fourth-order valence-electron chi connectivity index (χ4n) is 4.52. The molecule has 0 unspecified atom stereocenters. The van der Waals surface area contributed by atoms with E-state index in [4.69, 9.17) is 0 Å². The van der Waals surface area contributed by atoms with Crippen LogP contribution in [0.4, 0.5) is 17.3 Å². The zero-order valence-electron chi connectivity index (χ0n) is 19.5. The van der Waals surface area contributed by atoms with Gasteiger partial charge in [0.2, 0.25) is 5.95 Å². The van der Waals surface area contributed by atoms with Gasteiger partial charge in [0.1, 0.15) is 0 Å². The second-order valence-electron chi connectivity index (χ2n) is 9.11. The predicted octanol–water partition coefficient (Wildman–Crippen LogP) is 2.17. The number of hydrogen-bond acceptors (Lipinski definition) is 7. The first-order valence-corrected chi connectivity index (χ1v) is 13.2. The second-order valence-corrected chi connectivity index (χ2v) is 11.0. The van der Waals surface area contributed by atoms with Crippen molar-refractivity contribution < 1.29 is 8.42 Å². The van der Waals surface area contributed by atoms with Crippen LogP contribution in [0.15, 0.2) is 42.7 Å². The van der Waals surface area contributed by atoms with Crippen molar-refractivity contribution in [1.29, 1.82) is 0 Å². The van der Waals surface area contributed by atoms with Crippen molar-refractivity contribution in [1.82, 2.24) is 19.6 Å². The smallest absolute Gasteiger partial charge is 0.301 e. The summed E-state index contributed by atoms with van der Waals surface area (Å²) in [7, 11) is -0.458. The molecule has 1 atom stereocenters. The quantitative estimate of drug-likeness (QED) is 0.607. The van der Waals surface area contributed by atoms with Crippen molar-refractivity contribution in [3.05, 3.63) is 42.7 Å². The Morgan fingerprint density at radius 2 is 1.70 bits per heavy atom. The average molecular weight is 474 g/mol. The van der Waals surface area contributed by atoms with Crippen molar-refractivity contribution in [3.8, 4) is 0 Å². The second kappa shape index (κ2) is 10.7. The van der Waals surface area contributed by atoms with Crippen LogP contribution < -0.4 is 19.8 Å². The van der Waals surface area contributed by atoms with Crippen molar-refractivity contribution in [2.24, 2.45) is 5.92 Å². The van der Waals surface area contributed by atoms with Crippen LogP contribution in [0.3, 0.4) is 0 Å². The molecule has 2 aliphatic heterocycles. The number of hydrogen-bond donors (Lipinski definition) is 2. The maximum atomic E-state index is 12.0. The van der Waals surface area contributed by atoms with Crippen molar-refractivity contribution in [2.75, 3.05) is 61.3 Å². The summed E-state index contributed by atoms with van der Waals surface area (Å²) in [5.74, 6) is 1.47. The SMILES string of the molecule is CN(C)S(=O)(=O)Nc1ccc(N2CCC(NC[C@H]3CCCN(c4ncccn4)C3)CC2)cc1. The maximum absolute atomic E-state index is 12.0. The monoisotopic (exact) mass is 473 g/mol. The third kappa shape index (κ3) is 6.33. The van der Waals surface area contributed by atoms with E-state index < -0.39 is 10.2 Å². The summed E-state index contributed by atoms with van der Waals surface area (Å²) in [5.41, 5.74) is 1.71. The van der Waals surface area contributed by atoms with Crippen molar-refractivity contribution in [3.63, 3.8) is 0 Å². The largest absolute Gasteiger partial charge is 0.371 e. The van der Waals surface area contributed by atoms with Crippen LogP contribution >= 0.6 is 0 Å². The molecule has 0 amide bonds. The van der Waals surface area contributed by atoms with E-state index in [0.29, 0.717) is 17.6 Å². The van der Waals surface area contributed by atoms with Crippen molar-refractivity contribution in [2.45, 2.75) is 31.7 Å². The third-order valence-electron chi connectivity index (χ3n) is 6.50. The molecule has 9 nitrogen and oxygen atoms in total. The van der Waals surface area contributed by atoms with Crippen LogP contribution in [0.1, 0.15) is 25.7 Å². The number of rotatable bonds is 8. The van der Waals surface area contributed by atoms with Gasteiger partial charge in [-0.3, -0.25) is 4.72 Å². The van der Waals surface area contributed by atoms with Crippen LogP contribution in [0.25, 0.3) is 0 Å². The average Bonchev–Trinajstić information content (AvgIpc) is 2.84. The number of piperidine rings is 2. The Bertz CT molecular complexity index is 978. The Morgan fingerprint density at radius 1 is 1.00 bits per heavy atom. The molecule has 2 aliphatic rings. The molecule has 3 heterocycles. The first-order valence-electron chi connectivity index (χ1n) is 11.7. The van der Waals surface area contributed by atoms with Gasteiger partial charge in [-0.15, -0.1) is 0 Å². The molecule has 2 fully saturated rings. The summed E-state index contributed by atoms with van der Waals surface area (Å²) in [6, 6.07) is 10.0. The van der Waals surface area contributed by atoms with Gasteiger partial charge < -0.3 is 15.1 Å². The van der Waals surface area contributed by atoms with E-state index in [1.165, 1.54) is 31.2 Å². The third-order valence-corrected chi connectivity index (χ3v) is 7.96. The highest BCUT2D eigenvalue weighted by Gasteiger charge is 2.24. The van der Waals surface area contributed by atoms with Crippen molar-refractivity contribution >= 4 is 27.5 Å². The van der Waals surface area contributed by atoms with Gasteiger partial charge in [0.15, 0.2) is 0 Å². The van der Waals surface area contributed by atoms with Gasteiger partial charge in [0, 0.05) is 70.1 Å². The van der Waals surface area contributed by atoms with Gasteiger partial charge in [-0.2, -0.15) is 12.7 Å². The lowest BCUT2D eigenvalue weighted by molar-refractivity contribution is 0.341. The first kappa shape index (κ1) is 23.7. The Labute approximate surface area is 197 Å². The van der Waals surface area contributed by atoms with Gasteiger partial charge >= 0.3 is 10.2 Å². The molecule has 0 bridgehead atoms. The highest BCUT2D eigenvalue weighted by Crippen LogP contribution is 2.24. The molecule has 180 valence electrons. The number of nitrogens with zero attached hydrogens (tertiary/aromatic N) is 5. The van der Waals surface area contributed by atoms with Crippen LogP contribution in [0, 0.1) is 5.92 Å². The highest BCUT2D eigenvalue weighted by atomic mass is 32.2. The van der Waals surface area contributed by atoms with Gasteiger partial charge in [-0.1, -0.05) is 0 Å². The molecule has 2 N–H and O–H groups in total. The van der Waals surface area contributed by atoms with E-state index >= 15 is 0 Å². The molecule has 0 radical (unpaired) electrons.